The van der Waals surface area contributed by atoms with Crippen molar-refractivity contribution in [2.75, 3.05) is 19.0 Å². The van der Waals surface area contributed by atoms with Gasteiger partial charge in [0.15, 0.2) is 11.5 Å². The molecule has 32 heavy (non-hydrogen) atoms. The number of carbonyl (C=O) groups is 3. The maximum atomic E-state index is 12.4. The average molecular weight is 437 g/mol. The predicted octanol–water partition coefficient (Wildman–Crippen LogP) is 3.58. The SMILES string of the molecule is CCCCOc1ccc(/C=C/C(=O)Nc2cccc(C3(C)NC(=O)NC3=O)c2)cc1OC. The maximum Gasteiger partial charge on any atom is 0.322 e. The number of nitrogens with one attached hydrogen (secondary N) is 3. The molecular formula is C24H27N3O5. The van der Waals surface area contributed by atoms with E-state index in [0.717, 1.165) is 18.4 Å². The first-order chi connectivity index (χ1) is 15.4. The molecule has 4 amide bonds. The standard InChI is InChI=1S/C24H27N3O5/c1-4-5-13-32-19-11-9-16(14-20(19)31-3)10-12-21(28)25-18-8-6-7-17(15-18)24(2)22(29)26-23(30)27-24/h6-12,14-15H,4-5,13H2,1-3H3,(H,25,28)(H2,26,27,29,30)/b12-10+. The molecule has 1 aliphatic rings. The Morgan fingerprint density at radius 2 is 1.97 bits per heavy atom. The van der Waals surface area contributed by atoms with Crippen molar-refractivity contribution in [3.63, 3.8) is 0 Å². The lowest BCUT2D eigenvalue weighted by Gasteiger charge is -2.21. The van der Waals surface area contributed by atoms with Crippen molar-refractivity contribution in [3.05, 3.63) is 59.7 Å². The summed E-state index contributed by atoms with van der Waals surface area (Å²) < 4.78 is 11.1. The fourth-order valence-electron chi connectivity index (χ4n) is 3.24. The summed E-state index contributed by atoms with van der Waals surface area (Å²) in [6.07, 6.45) is 5.08. The molecule has 8 heteroatoms. The highest BCUT2D eigenvalue weighted by molar-refractivity contribution is 6.07. The number of hydrogen-bond acceptors (Lipinski definition) is 5. The second kappa shape index (κ2) is 10.00. The highest BCUT2D eigenvalue weighted by atomic mass is 16.5. The third-order valence-electron chi connectivity index (χ3n) is 5.12. The average Bonchev–Trinajstić information content (AvgIpc) is 3.05. The summed E-state index contributed by atoms with van der Waals surface area (Å²) in [7, 11) is 1.57. The van der Waals surface area contributed by atoms with Gasteiger partial charge in [0.2, 0.25) is 5.91 Å². The van der Waals surface area contributed by atoms with E-state index in [4.69, 9.17) is 9.47 Å². The molecule has 1 aliphatic heterocycles. The molecular weight excluding hydrogens is 410 g/mol. The number of anilines is 1. The largest absolute Gasteiger partial charge is 0.493 e. The molecule has 0 radical (unpaired) electrons. The molecule has 1 atom stereocenters. The zero-order valence-corrected chi connectivity index (χ0v) is 18.4. The third-order valence-corrected chi connectivity index (χ3v) is 5.12. The molecule has 1 fully saturated rings. The molecule has 1 unspecified atom stereocenters. The molecule has 8 nitrogen and oxygen atoms in total. The Bertz CT molecular complexity index is 1050. The van der Waals surface area contributed by atoms with Gasteiger partial charge in [-0.25, -0.2) is 4.79 Å². The molecule has 0 spiro atoms. The molecule has 1 saturated heterocycles. The van der Waals surface area contributed by atoms with Gasteiger partial charge in [-0.3, -0.25) is 14.9 Å². The van der Waals surface area contributed by atoms with Gasteiger partial charge in [-0.05, 0) is 54.8 Å². The van der Waals surface area contributed by atoms with Crippen LogP contribution in [-0.4, -0.2) is 31.6 Å². The van der Waals surface area contributed by atoms with Crippen LogP contribution >= 0.6 is 0 Å². The Kier molecular flexibility index (Phi) is 7.14. The Morgan fingerprint density at radius 1 is 1.16 bits per heavy atom. The monoisotopic (exact) mass is 437 g/mol. The molecule has 0 bridgehead atoms. The second-order valence-corrected chi connectivity index (χ2v) is 7.55. The molecule has 0 aromatic heterocycles. The van der Waals surface area contributed by atoms with Crippen LogP contribution in [0.5, 0.6) is 11.5 Å². The number of urea groups is 1. The normalized spacial score (nSPS) is 17.7. The molecule has 168 valence electrons. The fourth-order valence-corrected chi connectivity index (χ4v) is 3.24. The lowest BCUT2D eigenvalue weighted by molar-refractivity contribution is -0.123. The van der Waals surface area contributed by atoms with E-state index >= 15 is 0 Å². The number of carbonyl (C=O) groups excluding carboxylic acids is 3. The molecule has 3 N–H and O–H groups in total. The van der Waals surface area contributed by atoms with E-state index in [9.17, 15) is 14.4 Å². The van der Waals surface area contributed by atoms with E-state index in [1.54, 1.807) is 50.4 Å². The summed E-state index contributed by atoms with van der Waals surface area (Å²) in [6.45, 7) is 4.32. The van der Waals surface area contributed by atoms with Crippen molar-refractivity contribution in [3.8, 4) is 11.5 Å². The molecule has 0 aliphatic carbocycles. The first-order valence-corrected chi connectivity index (χ1v) is 10.4. The fraction of sp³-hybridized carbons (Fsp3) is 0.292. The number of benzene rings is 2. The van der Waals surface area contributed by atoms with E-state index in [1.165, 1.54) is 6.08 Å². The van der Waals surface area contributed by atoms with Crippen LogP contribution in [0.3, 0.4) is 0 Å². The first-order valence-electron chi connectivity index (χ1n) is 10.4. The van der Waals surface area contributed by atoms with E-state index in [2.05, 4.69) is 22.9 Å². The van der Waals surface area contributed by atoms with Crippen LogP contribution in [0.2, 0.25) is 0 Å². The Labute approximate surface area is 187 Å². The Morgan fingerprint density at radius 3 is 2.66 bits per heavy atom. The van der Waals surface area contributed by atoms with E-state index < -0.39 is 17.5 Å². The van der Waals surface area contributed by atoms with Gasteiger partial charge < -0.3 is 20.1 Å². The van der Waals surface area contributed by atoms with Crippen LogP contribution in [0, 0.1) is 0 Å². The van der Waals surface area contributed by atoms with E-state index in [1.807, 2.05) is 12.1 Å². The number of hydrogen-bond donors (Lipinski definition) is 3. The van der Waals surface area contributed by atoms with Crippen molar-refractivity contribution >= 4 is 29.6 Å². The maximum absolute atomic E-state index is 12.4. The minimum Gasteiger partial charge on any atom is -0.493 e. The second-order valence-electron chi connectivity index (χ2n) is 7.55. The van der Waals surface area contributed by atoms with Crippen LogP contribution in [0.15, 0.2) is 48.5 Å². The van der Waals surface area contributed by atoms with Gasteiger partial charge in [0.25, 0.3) is 5.91 Å². The number of unbranched alkanes of at least 4 members (excludes halogenated alkanes) is 1. The van der Waals surface area contributed by atoms with Crippen LogP contribution in [0.25, 0.3) is 6.08 Å². The summed E-state index contributed by atoms with van der Waals surface area (Å²) in [6, 6.07) is 11.7. The highest BCUT2D eigenvalue weighted by Gasteiger charge is 2.43. The van der Waals surface area contributed by atoms with Gasteiger partial charge >= 0.3 is 6.03 Å². The number of rotatable bonds is 9. The van der Waals surface area contributed by atoms with E-state index in [0.29, 0.717) is 29.4 Å². The van der Waals surface area contributed by atoms with Gasteiger partial charge in [-0.1, -0.05) is 31.5 Å². The van der Waals surface area contributed by atoms with Crippen molar-refractivity contribution in [1.82, 2.24) is 10.6 Å². The van der Waals surface area contributed by atoms with Crippen LogP contribution in [0.4, 0.5) is 10.5 Å². The molecule has 2 aromatic rings. The summed E-state index contributed by atoms with van der Waals surface area (Å²) >= 11 is 0. The van der Waals surface area contributed by atoms with Crippen LogP contribution in [0.1, 0.15) is 37.8 Å². The smallest absolute Gasteiger partial charge is 0.322 e. The molecule has 2 aromatic carbocycles. The van der Waals surface area contributed by atoms with Gasteiger partial charge in [-0.2, -0.15) is 0 Å². The number of imide groups is 1. The predicted molar refractivity (Wildman–Crippen MR) is 122 cm³/mol. The first kappa shape index (κ1) is 22.9. The quantitative estimate of drug-likeness (QED) is 0.316. The van der Waals surface area contributed by atoms with Crippen molar-refractivity contribution < 1.29 is 23.9 Å². The minimum absolute atomic E-state index is 0.338. The summed E-state index contributed by atoms with van der Waals surface area (Å²) in [5.74, 6) is 0.480. The zero-order chi connectivity index (χ0) is 23.1. The molecule has 3 rings (SSSR count). The van der Waals surface area contributed by atoms with Gasteiger partial charge in [-0.15, -0.1) is 0 Å². The van der Waals surface area contributed by atoms with E-state index in [-0.39, 0.29) is 5.91 Å². The Hall–Kier alpha value is -3.81. The third kappa shape index (κ3) is 5.26. The van der Waals surface area contributed by atoms with Crippen LogP contribution in [-0.2, 0) is 15.1 Å². The number of methoxy groups -OCH3 is 1. The van der Waals surface area contributed by atoms with Gasteiger partial charge in [0.05, 0.1) is 13.7 Å². The van der Waals surface area contributed by atoms with Gasteiger partial charge in [0, 0.05) is 11.8 Å². The topological polar surface area (TPSA) is 106 Å². The highest BCUT2D eigenvalue weighted by Crippen LogP contribution is 2.29. The summed E-state index contributed by atoms with van der Waals surface area (Å²) in [4.78, 5) is 36.1. The van der Waals surface area contributed by atoms with Crippen molar-refractivity contribution in [1.29, 1.82) is 0 Å². The van der Waals surface area contributed by atoms with Crippen molar-refractivity contribution in [2.24, 2.45) is 0 Å². The van der Waals surface area contributed by atoms with Crippen molar-refractivity contribution in [2.45, 2.75) is 32.2 Å². The number of ether oxygens (including phenoxy) is 2. The lowest BCUT2D eigenvalue weighted by atomic mass is 9.92. The zero-order valence-electron chi connectivity index (χ0n) is 18.4. The Balaban J connectivity index is 1.67. The number of amides is 4. The van der Waals surface area contributed by atoms with Gasteiger partial charge in [0.1, 0.15) is 5.54 Å². The summed E-state index contributed by atoms with van der Waals surface area (Å²) in [5.41, 5.74) is 0.660. The lowest BCUT2D eigenvalue weighted by Crippen LogP contribution is -2.40. The van der Waals surface area contributed by atoms with Crippen LogP contribution < -0.4 is 25.4 Å². The molecule has 1 heterocycles. The minimum atomic E-state index is -1.19. The summed E-state index contributed by atoms with van der Waals surface area (Å²) in [5, 5.41) is 7.60. The molecule has 0 saturated carbocycles.